The highest BCUT2D eigenvalue weighted by Gasteiger charge is 2.18. The van der Waals surface area contributed by atoms with Crippen molar-refractivity contribution in [2.24, 2.45) is 0 Å². The largest absolute Gasteiger partial charge is 0.383 e. The van der Waals surface area contributed by atoms with Gasteiger partial charge in [0.1, 0.15) is 10.7 Å². The average molecular weight is 294 g/mol. The molecule has 0 aromatic carbocycles. The third-order valence-electron chi connectivity index (χ3n) is 2.67. The molecule has 0 bridgehead atoms. The van der Waals surface area contributed by atoms with Crippen LogP contribution >= 0.6 is 0 Å². The van der Waals surface area contributed by atoms with Gasteiger partial charge in [0, 0.05) is 25.0 Å². The second-order valence-electron chi connectivity index (χ2n) is 4.03. The molecule has 0 spiro atoms. The van der Waals surface area contributed by atoms with Crippen LogP contribution in [0.15, 0.2) is 46.3 Å². The number of hydrogen-bond acceptors (Lipinski definition) is 5. The van der Waals surface area contributed by atoms with Gasteiger partial charge in [-0.25, -0.2) is 13.4 Å². The maximum atomic E-state index is 12.2. The molecule has 2 aromatic rings. The van der Waals surface area contributed by atoms with Gasteiger partial charge in [-0.2, -0.15) is 0 Å². The average Bonchev–Trinajstić information content (AvgIpc) is 2.41. The normalized spacial score (nSPS) is 11.2. The minimum atomic E-state index is -3.83. The zero-order chi connectivity index (χ0) is 14.8. The summed E-state index contributed by atoms with van der Waals surface area (Å²) in [5.41, 5.74) is 5.64. The van der Waals surface area contributed by atoms with Gasteiger partial charge in [0.2, 0.25) is 0 Å². The quantitative estimate of drug-likeness (QED) is 0.860. The molecule has 0 amide bonds. The molecule has 7 nitrogen and oxygen atoms in total. The van der Waals surface area contributed by atoms with Crippen LogP contribution in [0.4, 0.5) is 11.5 Å². The first-order valence-corrected chi connectivity index (χ1v) is 7.36. The van der Waals surface area contributed by atoms with Crippen LogP contribution in [0.3, 0.4) is 0 Å². The lowest BCUT2D eigenvalue weighted by atomic mass is 10.4. The highest BCUT2D eigenvalue weighted by atomic mass is 32.2. The van der Waals surface area contributed by atoms with Crippen molar-refractivity contribution in [3.63, 3.8) is 0 Å². The fourth-order valence-corrected chi connectivity index (χ4v) is 2.81. The molecule has 0 atom stereocenters. The van der Waals surface area contributed by atoms with E-state index in [1.807, 2.05) is 0 Å². The van der Waals surface area contributed by atoms with E-state index in [1.165, 1.54) is 41.2 Å². The molecular formula is C12H14N4O3S. The van der Waals surface area contributed by atoms with Gasteiger partial charge < -0.3 is 10.3 Å². The summed E-state index contributed by atoms with van der Waals surface area (Å²) >= 11 is 0. The number of pyridine rings is 2. The molecular weight excluding hydrogens is 280 g/mol. The summed E-state index contributed by atoms with van der Waals surface area (Å²) in [6.45, 7) is 2.24. The summed E-state index contributed by atoms with van der Waals surface area (Å²) in [6.07, 6.45) is 2.85. The number of anilines is 2. The monoisotopic (exact) mass is 294 g/mol. The van der Waals surface area contributed by atoms with Gasteiger partial charge in [-0.3, -0.25) is 9.52 Å². The van der Waals surface area contributed by atoms with Gasteiger partial charge in [-0.15, -0.1) is 0 Å². The van der Waals surface area contributed by atoms with E-state index < -0.39 is 10.0 Å². The highest BCUT2D eigenvalue weighted by Crippen LogP contribution is 2.18. The summed E-state index contributed by atoms with van der Waals surface area (Å²) in [7, 11) is -3.83. The van der Waals surface area contributed by atoms with Crippen LogP contribution in [-0.2, 0) is 16.6 Å². The van der Waals surface area contributed by atoms with Gasteiger partial charge in [-0.05, 0) is 25.1 Å². The van der Waals surface area contributed by atoms with Crippen LogP contribution in [0, 0.1) is 0 Å². The molecule has 0 radical (unpaired) electrons. The van der Waals surface area contributed by atoms with E-state index >= 15 is 0 Å². The third kappa shape index (κ3) is 2.80. The van der Waals surface area contributed by atoms with Crippen molar-refractivity contribution in [2.45, 2.75) is 18.4 Å². The smallest absolute Gasteiger partial charge is 0.265 e. The predicted molar refractivity (Wildman–Crippen MR) is 75.8 cm³/mol. The zero-order valence-corrected chi connectivity index (χ0v) is 11.6. The Morgan fingerprint density at radius 2 is 2.10 bits per heavy atom. The van der Waals surface area contributed by atoms with Crippen molar-refractivity contribution in [3.8, 4) is 0 Å². The Hall–Kier alpha value is -2.35. The number of aryl methyl sites for hydroxylation is 1. The summed E-state index contributed by atoms with van der Waals surface area (Å²) in [4.78, 5) is 15.1. The fourth-order valence-electron chi connectivity index (χ4n) is 1.68. The topological polar surface area (TPSA) is 107 Å². The molecule has 2 heterocycles. The molecule has 0 aliphatic rings. The Labute approximate surface area is 116 Å². The third-order valence-corrected chi connectivity index (χ3v) is 4.09. The summed E-state index contributed by atoms with van der Waals surface area (Å²) in [5, 5.41) is 0. The van der Waals surface area contributed by atoms with Gasteiger partial charge in [0.05, 0.1) is 5.69 Å². The van der Waals surface area contributed by atoms with Crippen LogP contribution in [0.25, 0.3) is 0 Å². The second kappa shape index (κ2) is 5.33. The molecule has 3 N–H and O–H groups in total. The lowest BCUT2D eigenvalue weighted by Crippen LogP contribution is -2.20. The van der Waals surface area contributed by atoms with Crippen molar-refractivity contribution >= 4 is 21.5 Å². The SMILES string of the molecule is CCn1cc(NS(=O)(=O)c2cccnc2N)ccc1=O. The van der Waals surface area contributed by atoms with Gasteiger partial charge in [0.15, 0.2) is 0 Å². The van der Waals surface area contributed by atoms with Crippen molar-refractivity contribution in [2.75, 3.05) is 10.5 Å². The van der Waals surface area contributed by atoms with E-state index in [4.69, 9.17) is 5.73 Å². The van der Waals surface area contributed by atoms with Crippen LogP contribution in [-0.4, -0.2) is 18.0 Å². The number of nitrogens with one attached hydrogen (secondary N) is 1. The van der Waals surface area contributed by atoms with E-state index in [1.54, 1.807) is 6.92 Å². The Morgan fingerprint density at radius 1 is 1.35 bits per heavy atom. The Bertz CT molecular complexity index is 783. The predicted octanol–water partition coefficient (Wildman–Crippen LogP) is 0.646. The van der Waals surface area contributed by atoms with E-state index in [0.29, 0.717) is 6.54 Å². The first kappa shape index (κ1) is 14.1. The second-order valence-corrected chi connectivity index (χ2v) is 5.69. The van der Waals surface area contributed by atoms with Crippen LogP contribution in [0.2, 0.25) is 0 Å². The lowest BCUT2D eigenvalue weighted by molar-refractivity contribution is 0.601. The molecule has 8 heteroatoms. The van der Waals surface area contributed by atoms with Crippen molar-refractivity contribution in [3.05, 3.63) is 47.0 Å². The Morgan fingerprint density at radius 3 is 2.75 bits per heavy atom. The summed E-state index contributed by atoms with van der Waals surface area (Å²) in [6, 6.07) is 5.55. The maximum Gasteiger partial charge on any atom is 0.265 e. The van der Waals surface area contributed by atoms with Gasteiger partial charge in [-0.1, -0.05) is 0 Å². The van der Waals surface area contributed by atoms with Crippen molar-refractivity contribution < 1.29 is 8.42 Å². The number of nitrogens with two attached hydrogens (primary N) is 1. The van der Waals surface area contributed by atoms with Crippen LogP contribution in [0.5, 0.6) is 0 Å². The van der Waals surface area contributed by atoms with Crippen LogP contribution < -0.4 is 16.0 Å². The number of hydrogen-bond donors (Lipinski definition) is 2. The highest BCUT2D eigenvalue weighted by molar-refractivity contribution is 7.92. The van der Waals surface area contributed by atoms with E-state index in [0.717, 1.165) is 0 Å². The lowest BCUT2D eigenvalue weighted by Gasteiger charge is -2.10. The maximum absolute atomic E-state index is 12.2. The molecule has 0 saturated carbocycles. The molecule has 0 saturated heterocycles. The zero-order valence-electron chi connectivity index (χ0n) is 10.8. The summed E-state index contributed by atoms with van der Waals surface area (Å²) < 4.78 is 28.1. The van der Waals surface area contributed by atoms with Gasteiger partial charge >= 0.3 is 0 Å². The Balaban J connectivity index is 2.39. The molecule has 0 aliphatic heterocycles. The van der Waals surface area contributed by atoms with Crippen molar-refractivity contribution in [1.82, 2.24) is 9.55 Å². The summed E-state index contributed by atoms with van der Waals surface area (Å²) in [5.74, 6) is -0.0798. The molecule has 0 unspecified atom stereocenters. The minimum absolute atomic E-state index is 0.0798. The first-order valence-electron chi connectivity index (χ1n) is 5.88. The van der Waals surface area contributed by atoms with Crippen LogP contribution in [0.1, 0.15) is 6.92 Å². The standard InChI is InChI=1S/C12H14N4O3S/c1-2-16-8-9(5-6-11(16)17)15-20(18,19)10-4-3-7-14-12(10)13/h3-8,15H,2H2,1H3,(H2,13,14). The molecule has 2 rings (SSSR count). The molecule has 0 aliphatic carbocycles. The molecule has 0 fully saturated rings. The number of nitrogen functional groups attached to an aromatic ring is 1. The molecule has 106 valence electrons. The molecule has 20 heavy (non-hydrogen) atoms. The van der Waals surface area contributed by atoms with E-state index in [2.05, 4.69) is 9.71 Å². The Kier molecular flexibility index (Phi) is 3.75. The van der Waals surface area contributed by atoms with E-state index in [9.17, 15) is 13.2 Å². The minimum Gasteiger partial charge on any atom is -0.383 e. The fraction of sp³-hybridized carbons (Fsp3) is 0.167. The number of aromatic nitrogens is 2. The first-order chi connectivity index (χ1) is 9.44. The van der Waals surface area contributed by atoms with Gasteiger partial charge in [0.25, 0.3) is 15.6 Å². The number of rotatable bonds is 4. The number of nitrogens with zero attached hydrogens (tertiary/aromatic N) is 2. The molecule has 2 aromatic heterocycles. The van der Waals surface area contributed by atoms with Crippen molar-refractivity contribution in [1.29, 1.82) is 0 Å². The number of sulfonamides is 1. The van der Waals surface area contributed by atoms with E-state index in [-0.39, 0.29) is 22.0 Å².